The molecule has 4 nitrogen and oxygen atoms in total. The smallest absolute Gasteiger partial charge is 0.232 e. The van der Waals surface area contributed by atoms with Crippen molar-refractivity contribution in [2.45, 2.75) is 19.0 Å². The van der Waals surface area contributed by atoms with Gasteiger partial charge in [-0.3, -0.25) is 0 Å². The molecule has 2 rings (SSSR count). The number of nitrogen functional groups attached to an aromatic ring is 1. The van der Waals surface area contributed by atoms with Crippen LogP contribution in [0.2, 0.25) is 0 Å². The van der Waals surface area contributed by atoms with E-state index in [1.54, 1.807) is 18.0 Å². The molecule has 6 heteroatoms. The van der Waals surface area contributed by atoms with Gasteiger partial charge in [0.15, 0.2) is 5.16 Å². The van der Waals surface area contributed by atoms with Crippen LogP contribution >= 0.6 is 28.7 Å². The SMILES string of the molecule is Br.CCSc1nc(N)c2c(C)coc2n1. The number of nitrogens with zero attached hydrogens (tertiary/aromatic N) is 2. The second-order valence-electron chi connectivity index (χ2n) is 2.92. The molecule has 0 spiro atoms. The second kappa shape index (κ2) is 4.85. The third-order valence-corrected chi connectivity index (χ3v) is 2.63. The number of aromatic nitrogens is 2. The number of thioether (sulfide) groups is 1. The highest BCUT2D eigenvalue weighted by Gasteiger charge is 2.10. The fraction of sp³-hybridized carbons (Fsp3) is 0.333. The van der Waals surface area contributed by atoms with Crippen molar-refractivity contribution in [1.82, 2.24) is 9.97 Å². The lowest BCUT2D eigenvalue weighted by Gasteiger charge is -1.99. The van der Waals surface area contributed by atoms with E-state index in [-0.39, 0.29) is 17.0 Å². The van der Waals surface area contributed by atoms with Crippen LogP contribution in [0, 0.1) is 6.92 Å². The van der Waals surface area contributed by atoms with Crippen molar-refractivity contribution in [2.75, 3.05) is 11.5 Å². The van der Waals surface area contributed by atoms with Gasteiger partial charge in [-0.05, 0) is 12.7 Å². The first kappa shape index (κ1) is 12.3. The van der Waals surface area contributed by atoms with Crippen molar-refractivity contribution in [3.05, 3.63) is 11.8 Å². The molecular weight excluding hydrogens is 278 g/mol. The molecule has 0 bridgehead atoms. The first-order chi connectivity index (χ1) is 6.72. The van der Waals surface area contributed by atoms with Crippen LogP contribution in [0.15, 0.2) is 15.8 Å². The van der Waals surface area contributed by atoms with Crippen LogP contribution in [0.4, 0.5) is 5.82 Å². The summed E-state index contributed by atoms with van der Waals surface area (Å²) >= 11 is 1.55. The average molecular weight is 290 g/mol. The van der Waals surface area contributed by atoms with E-state index in [1.165, 1.54) is 0 Å². The Morgan fingerprint density at radius 2 is 2.20 bits per heavy atom. The maximum absolute atomic E-state index is 5.81. The zero-order valence-corrected chi connectivity index (χ0v) is 11.0. The monoisotopic (exact) mass is 289 g/mol. The molecule has 0 saturated carbocycles. The molecule has 0 atom stereocenters. The lowest BCUT2D eigenvalue weighted by molar-refractivity contribution is 0.595. The standard InChI is InChI=1S/C9H11N3OS.BrH/c1-3-14-9-11-7(10)6-5(2)4-13-8(6)12-9;/h4H,3H2,1-2H3,(H2,10,11,12);1H. The molecule has 0 aromatic carbocycles. The van der Waals surface area contributed by atoms with Gasteiger partial charge < -0.3 is 10.2 Å². The first-order valence-corrected chi connectivity index (χ1v) is 5.35. The Bertz CT molecular complexity index is 472. The van der Waals surface area contributed by atoms with Crippen LogP contribution in [0.3, 0.4) is 0 Å². The number of rotatable bonds is 2. The number of fused-ring (bicyclic) bond motifs is 1. The van der Waals surface area contributed by atoms with E-state index >= 15 is 0 Å². The summed E-state index contributed by atoms with van der Waals surface area (Å²) in [5.74, 6) is 1.42. The Kier molecular flexibility index (Phi) is 3.98. The number of hydrogen-bond acceptors (Lipinski definition) is 5. The Morgan fingerprint density at radius 1 is 1.47 bits per heavy atom. The van der Waals surface area contributed by atoms with Gasteiger partial charge in [-0.2, -0.15) is 4.98 Å². The maximum Gasteiger partial charge on any atom is 0.232 e. The van der Waals surface area contributed by atoms with Gasteiger partial charge >= 0.3 is 0 Å². The lowest BCUT2D eigenvalue weighted by atomic mass is 10.2. The second-order valence-corrected chi connectivity index (χ2v) is 4.15. The summed E-state index contributed by atoms with van der Waals surface area (Å²) < 4.78 is 5.27. The molecule has 82 valence electrons. The molecule has 2 aromatic rings. The summed E-state index contributed by atoms with van der Waals surface area (Å²) in [5, 5.41) is 1.50. The highest BCUT2D eigenvalue weighted by atomic mass is 79.9. The molecule has 0 aliphatic rings. The van der Waals surface area contributed by atoms with Crippen LogP contribution in [0.5, 0.6) is 0 Å². The number of furan rings is 1. The molecule has 0 aliphatic heterocycles. The van der Waals surface area contributed by atoms with Gasteiger partial charge in [0.05, 0.1) is 11.6 Å². The van der Waals surface area contributed by atoms with Gasteiger partial charge in [-0.1, -0.05) is 18.7 Å². The molecule has 0 fully saturated rings. The minimum Gasteiger partial charge on any atom is -0.446 e. The number of hydrogen-bond donors (Lipinski definition) is 1. The quantitative estimate of drug-likeness (QED) is 0.680. The normalized spacial score (nSPS) is 10.3. The summed E-state index contributed by atoms with van der Waals surface area (Å²) in [6.45, 7) is 3.97. The summed E-state index contributed by atoms with van der Waals surface area (Å²) in [7, 11) is 0. The molecule has 0 radical (unpaired) electrons. The Balaban J connectivity index is 0.00000112. The first-order valence-electron chi connectivity index (χ1n) is 4.36. The number of nitrogens with two attached hydrogens (primary N) is 1. The fourth-order valence-electron chi connectivity index (χ4n) is 1.29. The summed E-state index contributed by atoms with van der Waals surface area (Å²) in [6.07, 6.45) is 1.65. The van der Waals surface area contributed by atoms with E-state index in [9.17, 15) is 0 Å². The van der Waals surface area contributed by atoms with Crippen LogP contribution < -0.4 is 5.73 Å². The van der Waals surface area contributed by atoms with Gasteiger partial charge in [-0.15, -0.1) is 17.0 Å². The van der Waals surface area contributed by atoms with Gasteiger partial charge in [0.1, 0.15) is 5.82 Å². The summed E-state index contributed by atoms with van der Waals surface area (Å²) in [4.78, 5) is 8.45. The van der Waals surface area contributed by atoms with E-state index in [0.29, 0.717) is 16.7 Å². The van der Waals surface area contributed by atoms with Crippen LogP contribution in [-0.2, 0) is 0 Å². The van der Waals surface area contributed by atoms with Crippen LogP contribution in [0.1, 0.15) is 12.5 Å². The summed E-state index contributed by atoms with van der Waals surface area (Å²) in [5.41, 5.74) is 7.36. The van der Waals surface area contributed by atoms with Gasteiger partial charge in [0, 0.05) is 5.56 Å². The molecule has 0 amide bonds. The van der Waals surface area contributed by atoms with E-state index in [4.69, 9.17) is 10.2 Å². The van der Waals surface area contributed by atoms with Crippen LogP contribution in [0.25, 0.3) is 11.1 Å². The van der Waals surface area contributed by atoms with Gasteiger partial charge in [0.2, 0.25) is 5.71 Å². The van der Waals surface area contributed by atoms with E-state index in [0.717, 1.165) is 16.7 Å². The van der Waals surface area contributed by atoms with E-state index in [2.05, 4.69) is 9.97 Å². The molecule has 0 unspecified atom stereocenters. The molecule has 2 N–H and O–H groups in total. The van der Waals surface area contributed by atoms with E-state index in [1.807, 2.05) is 13.8 Å². The average Bonchev–Trinajstić information content (AvgIpc) is 2.48. The number of halogens is 1. The largest absolute Gasteiger partial charge is 0.446 e. The third-order valence-electron chi connectivity index (χ3n) is 1.90. The fourth-order valence-corrected chi connectivity index (χ4v) is 1.86. The number of anilines is 1. The van der Waals surface area contributed by atoms with Crippen molar-refractivity contribution >= 4 is 45.7 Å². The minimum atomic E-state index is 0. The predicted molar refractivity (Wildman–Crippen MR) is 67.7 cm³/mol. The molecule has 0 aliphatic carbocycles. The van der Waals surface area contributed by atoms with Crippen molar-refractivity contribution < 1.29 is 4.42 Å². The Hall–Kier alpha value is -0.750. The Morgan fingerprint density at radius 3 is 2.87 bits per heavy atom. The Labute approximate surface area is 102 Å². The zero-order valence-electron chi connectivity index (χ0n) is 8.48. The highest BCUT2D eigenvalue weighted by molar-refractivity contribution is 8.93. The molecular formula is C9H12BrN3OS. The summed E-state index contributed by atoms with van der Waals surface area (Å²) in [6, 6.07) is 0. The van der Waals surface area contributed by atoms with Crippen molar-refractivity contribution in [3.63, 3.8) is 0 Å². The molecule has 15 heavy (non-hydrogen) atoms. The van der Waals surface area contributed by atoms with Crippen LogP contribution in [-0.4, -0.2) is 15.7 Å². The van der Waals surface area contributed by atoms with Crippen molar-refractivity contribution in [2.24, 2.45) is 0 Å². The minimum absolute atomic E-state index is 0. The highest BCUT2D eigenvalue weighted by Crippen LogP contribution is 2.26. The lowest BCUT2D eigenvalue weighted by Crippen LogP contribution is -1.96. The van der Waals surface area contributed by atoms with E-state index < -0.39 is 0 Å². The molecule has 2 aromatic heterocycles. The maximum atomic E-state index is 5.81. The van der Waals surface area contributed by atoms with Crippen molar-refractivity contribution in [1.29, 1.82) is 0 Å². The predicted octanol–water partition coefficient (Wildman–Crippen LogP) is 2.80. The molecule has 0 saturated heterocycles. The van der Waals surface area contributed by atoms with Gasteiger partial charge in [-0.25, -0.2) is 4.98 Å². The molecule has 2 heterocycles. The third kappa shape index (κ3) is 2.26. The number of aryl methyl sites for hydroxylation is 1. The van der Waals surface area contributed by atoms with Crippen molar-refractivity contribution in [3.8, 4) is 0 Å². The topological polar surface area (TPSA) is 64.9 Å². The zero-order chi connectivity index (χ0) is 10.1. The van der Waals surface area contributed by atoms with Gasteiger partial charge in [0.25, 0.3) is 0 Å².